The zero-order chi connectivity index (χ0) is 20.1. The van der Waals surface area contributed by atoms with Gasteiger partial charge in [0.1, 0.15) is 12.1 Å². The summed E-state index contributed by atoms with van der Waals surface area (Å²) in [7, 11) is 0. The topological polar surface area (TPSA) is 135 Å². The summed E-state index contributed by atoms with van der Waals surface area (Å²) in [5.74, 6) is -0.270. The molecule has 0 atom stereocenters. The summed E-state index contributed by atoms with van der Waals surface area (Å²) in [4.78, 5) is 35.1. The fourth-order valence-electron chi connectivity index (χ4n) is 2.25. The molecule has 1 aromatic carbocycles. The van der Waals surface area contributed by atoms with Crippen LogP contribution in [0.5, 0.6) is 0 Å². The lowest BCUT2D eigenvalue weighted by molar-refractivity contribution is -0.383. The summed E-state index contributed by atoms with van der Waals surface area (Å²) in [6.45, 7) is 1.81. The maximum atomic E-state index is 12.2. The zero-order valence-corrected chi connectivity index (χ0v) is 16.1. The number of hydrogen-bond acceptors (Lipinski definition) is 8. The Labute approximate surface area is 167 Å². The SMILES string of the molecule is Cc1cccnc1Nc1ncnc(NNC(=O)c2ccc(Br)cc2)c1[N+](=O)[O-]. The highest BCUT2D eigenvalue weighted by Crippen LogP contribution is 2.30. The second-order valence-corrected chi connectivity index (χ2v) is 6.47. The summed E-state index contributed by atoms with van der Waals surface area (Å²) in [5.41, 5.74) is 5.60. The summed E-state index contributed by atoms with van der Waals surface area (Å²) in [6.07, 6.45) is 2.70. The molecular weight excluding hydrogens is 430 g/mol. The van der Waals surface area contributed by atoms with Gasteiger partial charge in [-0.1, -0.05) is 22.0 Å². The van der Waals surface area contributed by atoms with Gasteiger partial charge in [0, 0.05) is 16.2 Å². The fourth-order valence-corrected chi connectivity index (χ4v) is 2.52. The molecule has 0 bridgehead atoms. The van der Waals surface area contributed by atoms with Crippen LogP contribution in [-0.4, -0.2) is 25.8 Å². The molecular formula is C17H14BrN7O3. The van der Waals surface area contributed by atoms with Gasteiger partial charge in [-0.3, -0.25) is 25.8 Å². The van der Waals surface area contributed by atoms with E-state index in [1.165, 1.54) is 0 Å². The summed E-state index contributed by atoms with van der Waals surface area (Å²) >= 11 is 3.28. The Hall–Kier alpha value is -3.60. The van der Waals surface area contributed by atoms with Crippen LogP contribution in [0.4, 0.5) is 23.1 Å². The molecule has 10 nitrogen and oxygen atoms in total. The predicted molar refractivity (Wildman–Crippen MR) is 106 cm³/mol. The van der Waals surface area contributed by atoms with Crippen molar-refractivity contribution in [3.8, 4) is 0 Å². The predicted octanol–water partition coefficient (Wildman–Crippen LogP) is 3.35. The standard InChI is InChI=1S/C17H14BrN7O3/c1-10-3-2-8-19-14(10)22-15-13(25(27)28)16(21-9-20-15)23-24-17(26)11-4-6-12(18)7-5-11/h2-9H,1H3,(H,24,26)(H2,19,20,21,22,23). The van der Waals surface area contributed by atoms with Crippen LogP contribution in [0, 0.1) is 17.0 Å². The molecule has 0 fully saturated rings. The van der Waals surface area contributed by atoms with Crippen molar-refractivity contribution < 1.29 is 9.72 Å². The van der Waals surface area contributed by atoms with E-state index < -0.39 is 16.5 Å². The van der Waals surface area contributed by atoms with E-state index in [9.17, 15) is 14.9 Å². The lowest BCUT2D eigenvalue weighted by atomic mass is 10.2. The quantitative estimate of drug-likeness (QED) is 0.389. The highest BCUT2D eigenvalue weighted by molar-refractivity contribution is 9.10. The average molecular weight is 444 g/mol. The number of amides is 1. The van der Waals surface area contributed by atoms with Gasteiger partial charge in [0.05, 0.1) is 4.92 Å². The molecule has 0 spiro atoms. The van der Waals surface area contributed by atoms with Gasteiger partial charge in [0.15, 0.2) is 0 Å². The third-order valence-electron chi connectivity index (χ3n) is 3.65. The number of hydrogen-bond donors (Lipinski definition) is 3. The average Bonchev–Trinajstić information content (AvgIpc) is 2.68. The van der Waals surface area contributed by atoms with Crippen LogP contribution in [0.3, 0.4) is 0 Å². The van der Waals surface area contributed by atoms with Crippen LogP contribution in [0.25, 0.3) is 0 Å². The van der Waals surface area contributed by atoms with Gasteiger partial charge in [-0.2, -0.15) is 0 Å². The number of nitrogens with one attached hydrogen (secondary N) is 3. The maximum Gasteiger partial charge on any atom is 0.355 e. The van der Waals surface area contributed by atoms with Gasteiger partial charge in [-0.15, -0.1) is 0 Å². The van der Waals surface area contributed by atoms with Crippen LogP contribution in [-0.2, 0) is 0 Å². The molecule has 11 heteroatoms. The largest absolute Gasteiger partial charge is 0.355 e. The van der Waals surface area contributed by atoms with Crippen molar-refractivity contribution in [2.75, 3.05) is 10.7 Å². The monoisotopic (exact) mass is 443 g/mol. The number of pyridine rings is 1. The molecule has 2 aromatic heterocycles. The van der Waals surface area contributed by atoms with E-state index in [4.69, 9.17) is 0 Å². The number of nitrogens with zero attached hydrogens (tertiary/aromatic N) is 4. The maximum absolute atomic E-state index is 12.2. The van der Waals surface area contributed by atoms with E-state index in [0.717, 1.165) is 16.4 Å². The molecule has 142 valence electrons. The zero-order valence-electron chi connectivity index (χ0n) is 14.5. The van der Waals surface area contributed by atoms with Crippen LogP contribution in [0.15, 0.2) is 53.4 Å². The summed E-state index contributed by atoms with van der Waals surface area (Å²) in [6, 6.07) is 10.2. The minimum atomic E-state index is -0.644. The van der Waals surface area contributed by atoms with Crippen molar-refractivity contribution in [1.82, 2.24) is 20.4 Å². The number of aromatic nitrogens is 3. The second kappa shape index (κ2) is 8.39. The molecule has 0 saturated carbocycles. The molecule has 0 unspecified atom stereocenters. The van der Waals surface area contributed by atoms with Gasteiger partial charge < -0.3 is 5.32 Å². The van der Waals surface area contributed by atoms with Crippen molar-refractivity contribution in [3.63, 3.8) is 0 Å². The van der Waals surface area contributed by atoms with E-state index >= 15 is 0 Å². The third kappa shape index (κ3) is 4.38. The fraction of sp³-hybridized carbons (Fsp3) is 0.0588. The lowest BCUT2D eigenvalue weighted by Crippen LogP contribution is -2.30. The molecule has 28 heavy (non-hydrogen) atoms. The van der Waals surface area contributed by atoms with E-state index in [1.54, 1.807) is 49.5 Å². The normalized spacial score (nSPS) is 10.2. The lowest BCUT2D eigenvalue weighted by Gasteiger charge is -2.11. The van der Waals surface area contributed by atoms with E-state index in [2.05, 4.69) is 47.1 Å². The van der Waals surface area contributed by atoms with Gasteiger partial charge in [0.2, 0.25) is 11.6 Å². The molecule has 0 aliphatic heterocycles. The molecule has 3 rings (SSSR count). The van der Waals surface area contributed by atoms with Crippen LogP contribution < -0.4 is 16.2 Å². The Morgan fingerprint density at radius 2 is 1.79 bits per heavy atom. The number of hydrazine groups is 1. The number of nitro groups is 1. The number of benzene rings is 1. The Kier molecular flexibility index (Phi) is 5.75. The first-order chi connectivity index (χ1) is 13.5. The van der Waals surface area contributed by atoms with Crippen molar-refractivity contribution in [2.24, 2.45) is 0 Å². The Morgan fingerprint density at radius 1 is 1.07 bits per heavy atom. The molecule has 3 aromatic rings. The summed E-state index contributed by atoms with van der Waals surface area (Å²) in [5, 5.41) is 14.4. The molecule has 0 aliphatic carbocycles. The van der Waals surface area contributed by atoms with Gasteiger partial charge >= 0.3 is 5.69 Å². The molecule has 3 N–H and O–H groups in total. The Bertz CT molecular complexity index is 1030. The molecule has 0 saturated heterocycles. The molecule has 2 heterocycles. The summed E-state index contributed by atoms with van der Waals surface area (Å²) < 4.78 is 0.823. The minimum Gasteiger partial charge on any atom is -0.319 e. The number of rotatable bonds is 6. The smallest absolute Gasteiger partial charge is 0.319 e. The van der Waals surface area contributed by atoms with E-state index in [1.807, 2.05) is 0 Å². The van der Waals surface area contributed by atoms with Crippen LogP contribution in [0.1, 0.15) is 15.9 Å². The van der Waals surface area contributed by atoms with Crippen molar-refractivity contribution in [1.29, 1.82) is 0 Å². The number of aryl methyl sites for hydroxylation is 1. The van der Waals surface area contributed by atoms with Gasteiger partial charge in [-0.25, -0.2) is 15.0 Å². The van der Waals surface area contributed by atoms with E-state index in [-0.39, 0.29) is 11.6 Å². The van der Waals surface area contributed by atoms with Gasteiger partial charge in [0.25, 0.3) is 5.91 Å². The van der Waals surface area contributed by atoms with Crippen molar-refractivity contribution in [2.45, 2.75) is 6.92 Å². The van der Waals surface area contributed by atoms with E-state index in [0.29, 0.717) is 11.4 Å². The molecule has 0 aliphatic rings. The highest BCUT2D eigenvalue weighted by atomic mass is 79.9. The van der Waals surface area contributed by atoms with Crippen molar-refractivity contribution in [3.05, 3.63) is 74.6 Å². The van der Waals surface area contributed by atoms with Gasteiger partial charge in [-0.05, 0) is 42.8 Å². The second-order valence-electron chi connectivity index (χ2n) is 5.56. The number of halogens is 1. The highest BCUT2D eigenvalue weighted by Gasteiger charge is 2.24. The van der Waals surface area contributed by atoms with Crippen molar-refractivity contribution >= 4 is 45.0 Å². The van der Waals surface area contributed by atoms with Crippen LogP contribution >= 0.6 is 15.9 Å². The minimum absolute atomic E-state index is 0.0535. The Morgan fingerprint density at radius 3 is 2.46 bits per heavy atom. The molecule has 1 amide bonds. The van der Waals surface area contributed by atoms with Crippen LogP contribution in [0.2, 0.25) is 0 Å². The number of carbonyl (C=O) groups excluding carboxylic acids is 1. The first kappa shape index (κ1) is 19.2. The number of anilines is 3. The third-order valence-corrected chi connectivity index (χ3v) is 4.18. The first-order valence-corrected chi connectivity index (χ1v) is 8.75. The first-order valence-electron chi connectivity index (χ1n) is 7.95. The Balaban J connectivity index is 1.83. The molecule has 0 radical (unpaired) electrons. The number of carbonyl (C=O) groups is 1.